The van der Waals surface area contributed by atoms with Crippen LogP contribution in [0.3, 0.4) is 0 Å². The maximum absolute atomic E-state index is 8.83. The number of hydrogen-bond donors (Lipinski definition) is 1. The average molecular weight is 213 g/mol. The molecule has 0 radical (unpaired) electrons. The Kier molecular flexibility index (Phi) is 3.51. The first-order valence-electron chi connectivity index (χ1n) is 2.28. The van der Waals surface area contributed by atoms with E-state index in [-0.39, 0.29) is 0 Å². The van der Waals surface area contributed by atoms with Crippen molar-refractivity contribution in [1.82, 2.24) is 0 Å². The van der Waals surface area contributed by atoms with Gasteiger partial charge in [0.05, 0.1) is 0 Å². The molecule has 0 saturated heterocycles. The summed E-state index contributed by atoms with van der Waals surface area (Å²) in [7, 11) is 0. The molecule has 11 heavy (non-hydrogen) atoms. The van der Waals surface area contributed by atoms with Gasteiger partial charge in [-0.1, -0.05) is 23.2 Å². The van der Waals surface area contributed by atoms with Crippen LogP contribution >= 0.6 is 34.8 Å². The van der Waals surface area contributed by atoms with Gasteiger partial charge < -0.3 is 5.11 Å². The smallest absolute Gasteiger partial charge is 0.316 e. The van der Waals surface area contributed by atoms with Crippen LogP contribution in [0, 0.1) is 24.7 Å². The second-order valence-corrected chi connectivity index (χ2v) is 3.24. The molecule has 5 heteroatoms. The van der Waals surface area contributed by atoms with Gasteiger partial charge in [-0.15, -0.1) is 12.8 Å². The second-order valence-electron chi connectivity index (χ2n) is 1.47. The number of hydrogen-bond acceptors (Lipinski definition) is 2. The molecule has 1 N–H and O–H groups in total. The Morgan fingerprint density at radius 3 is 1.91 bits per heavy atom. The molecule has 0 aliphatic heterocycles. The van der Waals surface area contributed by atoms with Crippen LogP contribution in [0.1, 0.15) is 0 Å². The van der Waals surface area contributed by atoms with E-state index in [0.29, 0.717) is 0 Å². The third kappa shape index (κ3) is 4.37. The summed E-state index contributed by atoms with van der Waals surface area (Å²) < 4.78 is 2.28. The molecule has 0 saturated carbocycles. The van der Waals surface area contributed by atoms with Crippen LogP contribution < -0.4 is 0 Å². The summed E-state index contributed by atoms with van der Waals surface area (Å²) in [6.07, 6.45) is 9.52. The summed E-state index contributed by atoms with van der Waals surface area (Å²) in [6.45, 7) is 0. The van der Waals surface area contributed by atoms with Crippen molar-refractivity contribution in [3.05, 3.63) is 0 Å². The van der Waals surface area contributed by atoms with Gasteiger partial charge in [0.2, 0.25) is 0 Å². The molecule has 0 aromatic carbocycles. The summed E-state index contributed by atoms with van der Waals surface area (Å²) in [5, 5.41) is 6.45. The number of alkyl halides is 3. The molecule has 0 rings (SSSR count). The predicted octanol–water partition coefficient (Wildman–Crippen LogP) is 1.29. The molecule has 2 nitrogen and oxygen atoms in total. The standard InChI is InChI=1S/C6H3Cl3O2/c1-3-5(7,8)11-6(9,10)4-2/h1-2,10H. The van der Waals surface area contributed by atoms with E-state index in [1.807, 2.05) is 0 Å². The average Bonchev–Trinajstić information content (AvgIpc) is 1.86. The van der Waals surface area contributed by atoms with E-state index in [1.54, 1.807) is 11.8 Å². The zero-order valence-corrected chi connectivity index (χ0v) is 7.41. The Morgan fingerprint density at radius 2 is 1.64 bits per heavy atom. The SMILES string of the molecule is C#CC(O)(Cl)OC(Cl)(Cl)C#C. The summed E-state index contributed by atoms with van der Waals surface area (Å²) in [4.78, 5) is 0. The van der Waals surface area contributed by atoms with E-state index in [0.717, 1.165) is 0 Å². The lowest BCUT2D eigenvalue weighted by molar-refractivity contribution is -0.105. The van der Waals surface area contributed by atoms with E-state index in [2.05, 4.69) is 4.74 Å². The zero-order valence-electron chi connectivity index (χ0n) is 5.14. The largest absolute Gasteiger partial charge is 0.343 e. The van der Waals surface area contributed by atoms with Crippen LogP contribution in [0.4, 0.5) is 0 Å². The van der Waals surface area contributed by atoms with Crippen molar-refractivity contribution in [3.8, 4) is 24.7 Å². The van der Waals surface area contributed by atoms with Crippen molar-refractivity contribution >= 4 is 34.8 Å². The summed E-state index contributed by atoms with van der Waals surface area (Å²) >= 11 is 15.6. The molecule has 1 unspecified atom stereocenters. The van der Waals surface area contributed by atoms with Crippen molar-refractivity contribution in [2.45, 2.75) is 9.77 Å². The zero-order chi connectivity index (χ0) is 9.12. The van der Waals surface area contributed by atoms with Gasteiger partial charge in [-0.05, 0) is 23.4 Å². The number of terminal acetylenes is 2. The van der Waals surface area contributed by atoms with Gasteiger partial charge in [0.15, 0.2) is 0 Å². The minimum Gasteiger partial charge on any atom is -0.343 e. The second kappa shape index (κ2) is 3.54. The molecule has 60 valence electrons. The van der Waals surface area contributed by atoms with E-state index >= 15 is 0 Å². The molecule has 0 aromatic heterocycles. The molecule has 0 amide bonds. The highest BCUT2D eigenvalue weighted by Crippen LogP contribution is 2.28. The molecule has 0 spiro atoms. The number of aliphatic hydroxyl groups is 1. The molecular weight excluding hydrogens is 210 g/mol. The van der Waals surface area contributed by atoms with Gasteiger partial charge in [0, 0.05) is 0 Å². The van der Waals surface area contributed by atoms with Gasteiger partial charge in [0.25, 0.3) is 4.52 Å². The van der Waals surface area contributed by atoms with Crippen LogP contribution in [-0.4, -0.2) is 14.9 Å². The fraction of sp³-hybridized carbons (Fsp3) is 0.333. The Hall–Kier alpha value is -0.0900. The third-order valence-corrected chi connectivity index (χ3v) is 1.17. The molecule has 0 aliphatic rings. The third-order valence-electron chi connectivity index (χ3n) is 0.609. The first-order chi connectivity index (χ1) is 4.83. The Bertz CT molecular complexity index is 197. The van der Waals surface area contributed by atoms with Gasteiger partial charge in [-0.3, -0.25) is 4.74 Å². The summed E-state index contributed by atoms with van der Waals surface area (Å²) in [5.74, 6) is 3.47. The lowest BCUT2D eigenvalue weighted by Crippen LogP contribution is -2.31. The summed E-state index contributed by atoms with van der Waals surface area (Å²) in [5.41, 5.74) is 0. The highest BCUT2D eigenvalue weighted by Gasteiger charge is 2.34. The number of rotatable bonds is 2. The molecule has 0 bridgehead atoms. The predicted molar refractivity (Wildman–Crippen MR) is 44.0 cm³/mol. The first-order valence-corrected chi connectivity index (χ1v) is 3.41. The Labute approximate surface area is 79.4 Å². The molecular formula is C6H3Cl3O2. The van der Waals surface area contributed by atoms with Crippen LogP contribution in [0.15, 0.2) is 0 Å². The minimum absolute atomic E-state index is 1.67. The Morgan fingerprint density at radius 1 is 1.18 bits per heavy atom. The van der Waals surface area contributed by atoms with Crippen LogP contribution in [0.25, 0.3) is 0 Å². The lowest BCUT2D eigenvalue weighted by Gasteiger charge is -2.20. The fourth-order valence-electron chi connectivity index (χ4n) is 0.229. The molecule has 0 aliphatic carbocycles. The normalized spacial score (nSPS) is 16.2. The maximum Gasteiger partial charge on any atom is 0.316 e. The first kappa shape index (κ1) is 10.9. The van der Waals surface area contributed by atoms with Crippen molar-refractivity contribution < 1.29 is 9.84 Å². The maximum atomic E-state index is 8.83. The number of halogens is 3. The minimum atomic E-state index is -2.38. The van der Waals surface area contributed by atoms with Crippen molar-refractivity contribution in [2.75, 3.05) is 0 Å². The lowest BCUT2D eigenvalue weighted by atomic mass is 10.6. The number of ether oxygens (including phenoxy) is 1. The molecule has 1 atom stereocenters. The van der Waals surface area contributed by atoms with Gasteiger partial charge in [-0.25, -0.2) is 0 Å². The van der Waals surface area contributed by atoms with Crippen molar-refractivity contribution in [1.29, 1.82) is 0 Å². The Balaban J connectivity index is 4.31. The van der Waals surface area contributed by atoms with E-state index in [4.69, 9.17) is 52.8 Å². The van der Waals surface area contributed by atoms with Crippen LogP contribution in [-0.2, 0) is 4.74 Å². The highest BCUT2D eigenvalue weighted by atomic mass is 35.5. The van der Waals surface area contributed by atoms with E-state index in [9.17, 15) is 0 Å². The van der Waals surface area contributed by atoms with Gasteiger partial charge in [-0.2, -0.15) is 0 Å². The van der Waals surface area contributed by atoms with E-state index in [1.165, 1.54) is 0 Å². The van der Waals surface area contributed by atoms with Crippen LogP contribution in [0.5, 0.6) is 0 Å². The van der Waals surface area contributed by atoms with E-state index < -0.39 is 9.77 Å². The molecule has 0 fully saturated rings. The molecule has 0 heterocycles. The van der Waals surface area contributed by atoms with Gasteiger partial charge in [0.1, 0.15) is 0 Å². The van der Waals surface area contributed by atoms with Crippen molar-refractivity contribution in [2.24, 2.45) is 0 Å². The quantitative estimate of drug-likeness (QED) is 0.425. The van der Waals surface area contributed by atoms with Crippen LogP contribution in [0.2, 0.25) is 0 Å². The monoisotopic (exact) mass is 212 g/mol. The molecule has 0 aromatic rings. The summed E-state index contributed by atoms with van der Waals surface area (Å²) in [6, 6.07) is 0. The van der Waals surface area contributed by atoms with Crippen molar-refractivity contribution in [3.63, 3.8) is 0 Å². The highest BCUT2D eigenvalue weighted by molar-refractivity contribution is 6.49. The van der Waals surface area contributed by atoms with Gasteiger partial charge >= 0.3 is 5.25 Å². The topological polar surface area (TPSA) is 29.5 Å². The fourth-order valence-corrected chi connectivity index (χ4v) is 0.647.